The van der Waals surface area contributed by atoms with E-state index in [4.69, 9.17) is 47.4 Å². The molecule has 0 unspecified atom stereocenters. The van der Waals surface area contributed by atoms with Crippen LogP contribution in [0.1, 0.15) is 25.0 Å². The normalized spacial score (nSPS) is 26.7. The van der Waals surface area contributed by atoms with E-state index < -0.39 is 85.7 Å². The third-order valence-corrected chi connectivity index (χ3v) is 9.16. The number of ether oxygens (including phenoxy) is 10. The lowest BCUT2D eigenvalue weighted by Crippen LogP contribution is -2.68. The van der Waals surface area contributed by atoms with Gasteiger partial charge in [-0.25, -0.2) is 4.79 Å². The van der Waals surface area contributed by atoms with E-state index in [1.165, 1.54) is 14.0 Å². The minimum Gasteiger partial charge on any atom is -0.497 e. The summed E-state index contributed by atoms with van der Waals surface area (Å²) in [5, 5.41) is 18.7. The second kappa shape index (κ2) is 22.0. The fourth-order valence-corrected chi connectivity index (χ4v) is 6.46. The van der Waals surface area contributed by atoms with E-state index in [0.29, 0.717) is 11.5 Å². The molecule has 0 radical (unpaired) electrons. The molecule has 312 valence electrons. The van der Waals surface area contributed by atoms with Gasteiger partial charge in [-0.15, -0.1) is 0 Å². The summed E-state index contributed by atoms with van der Waals surface area (Å²) in [6.07, 6.45) is -10.8. The van der Waals surface area contributed by atoms with Gasteiger partial charge in [0.1, 0.15) is 48.6 Å². The predicted molar refractivity (Wildman–Crippen MR) is 202 cm³/mol. The Morgan fingerprint density at radius 2 is 1.38 bits per heavy atom. The molecule has 2 aliphatic rings. The molecule has 10 atom stereocenters. The molecular weight excluding hydrogens is 760 g/mol. The summed E-state index contributed by atoms with van der Waals surface area (Å²) >= 11 is 0. The molecule has 0 spiro atoms. The van der Waals surface area contributed by atoms with E-state index in [9.17, 15) is 25.0 Å². The molecule has 18 nitrogen and oxygen atoms in total. The van der Waals surface area contributed by atoms with Crippen LogP contribution in [0.2, 0.25) is 0 Å². The number of aliphatic hydroxyl groups excluding tert-OH is 1. The minimum absolute atomic E-state index is 0.153. The van der Waals surface area contributed by atoms with E-state index in [2.05, 4.69) is 15.3 Å². The molecule has 0 aromatic heterocycles. The van der Waals surface area contributed by atoms with Gasteiger partial charge in [-0.3, -0.25) is 9.59 Å². The maximum atomic E-state index is 12.6. The van der Waals surface area contributed by atoms with Crippen molar-refractivity contribution in [1.29, 1.82) is 0 Å². The van der Waals surface area contributed by atoms with Crippen molar-refractivity contribution in [1.82, 2.24) is 5.32 Å². The van der Waals surface area contributed by atoms with Crippen LogP contribution in [0.3, 0.4) is 0 Å². The van der Waals surface area contributed by atoms with Gasteiger partial charge in [0.25, 0.3) is 0 Å². The van der Waals surface area contributed by atoms with Crippen molar-refractivity contribution in [3.8, 4) is 11.5 Å². The molecule has 2 fully saturated rings. The largest absolute Gasteiger partial charge is 0.497 e. The van der Waals surface area contributed by atoms with Gasteiger partial charge in [0.05, 0.1) is 52.8 Å². The molecule has 2 aliphatic heterocycles. The highest BCUT2D eigenvalue weighted by Crippen LogP contribution is 2.34. The zero-order valence-electron chi connectivity index (χ0n) is 32.5. The number of hydrogen-bond donors (Lipinski definition) is 2. The van der Waals surface area contributed by atoms with Crippen LogP contribution in [-0.2, 0) is 65.5 Å². The van der Waals surface area contributed by atoms with Crippen molar-refractivity contribution in [3.05, 3.63) is 106 Å². The summed E-state index contributed by atoms with van der Waals surface area (Å²) in [6, 6.07) is 22.8. The van der Waals surface area contributed by atoms with Crippen LogP contribution < -0.4 is 14.8 Å². The number of aliphatic hydroxyl groups is 1. The van der Waals surface area contributed by atoms with E-state index in [1.807, 2.05) is 60.7 Å². The van der Waals surface area contributed by atoms with Crippen LogP contribution in [0.25, 0.3) is 10.4 Å². The first kappa shape index (κ1) is 43.8. The Balaban J connectivity index is 1.49. The third-order valence-electron chi connectivity index (χ3n) is 9.16. The van der Waals surface area contributed by atoms with Crippen molar-refractivity contribution in [2.75, 3.05) is 34.0 Å². The Kier molecular flexibility index (Phi) is 16.6. The lowest BCUT2D eigenvalue weighted by atomic mass is 9.94. The Morgan fingerprint density at radius 3 is 1.93 bits per heavy atom. The van der Waals surface area contributed by atoms with Gasteiger partial charge in [0.15, 0.2) is 12.4 Å². The number of carbonyl (C=O) groups excluding carboxylic acids is 3. The summed E-state index contributed by atoms with van der Waals surface area (Å²) in [4.78, 5) is 40.5. The Labute approximate surface area is 335 Å². The zero-order valence-corrected chi connectivity index (χ0v) is 32.5. The number of nitrogens with one attached hydrogen (secondary N) is 1. The first-order valence-electron chi connectivity index (χ1n) is 18.5. The summed E-state index contributed by atoms with van der Waals surface area (Å²) in [5.41, 5.74) is 11.3. The number of methoxy groups -OCH3 is 2. The van der Waals surface area contributed by atoms with Crippen LogP contribution in [-0.4, -0.2) is 118 Å². The van der Waals surface area contributed by atoms with Gasteiger partial charge in [-0.05, 0) is 40.9 Å². The van der Waals surface area contributed by atoms with Gasteiger partial charge in [0, 0.05) is 18.8 Å². The molecule has 58 heavy (non-hydrogen) atoms. The van der Waals surface area contributed by atoms with Crippen LogP contribution in [0, 0.1) is 0 Å². The Hall–Kier alpha value is -5.30. The molecule has 0 bridgehead atoms. The smallest absolute Gasteiger partial charge is 0.331 e. The number of azide groups is 1. The number of benzene rings is 3. The van der Waals surface area contributed by atoms with Crippen LogP contribution in [0.15, 0.2) is 90.0 Å². The maximum Gasteiger partial charge on any atom is 0.331 e. The highest BCUT2D eigenvalue weighted by Gasteiger charge is 2.54. The van der Waals surface area contributed by atoms with Gasteiger partial charge < -0.3 is 57.8 Å². The van der Waals surface area contributed by atoms with Crippen molar-refractivity contribution >= 4 is 17.8 Å². The van der Waals surface area contributed by atoms with Crippen LogP contribution >= 0.6 is 0 Å². The van der Waals surface area contributed by atoms with Crippen LogP contribution in [0.5, 0.6) is 11.5 Å². The van der Waals surface area contributed by atoms with Gasteiger partial charge in [-0.1, -0.05) is 65.8 Å². The molecule has 18 heteroatoms. The third kappa shape index (κ3) is 12.3. The van der Waals surface area contributed by atoms with Crippen molar-refractivity contribution < 1.29 is 66.9 Å². The SMILES string of the molecule is COC(=O)CO[C@H]1[C@@H](N=[N+]=[N-])[C@@H](COCc2ccccc2)O[C@@H](O[C@H]2[C@H](O)[C@@H](NC(C)=O)[C@H](Oc3ccc(OC)cc3)O[C@@H]2COCc2ccccc2)[C@@H]1OC(C)=O. The van der Waals surface area contributed by atoms with E-state index >= 15 is 0 Å². The van der Waals surface area contributed by atoms with Gasteiger partial charge in [0.2, 0.25) is 12.2 Å². The standard InChI is InChI=1S/C40H48N4O14/c1-24(45)42-34-35(48)36(31(22-52-20-27-13-9-6-10-14-27)57-39(34)55-29-17-15-28(49-3)16-18-29)58-40-38(54-25(2)46)37(53-23-32(47)50-4)33(43-44-41)30(56-40)21-51-19-26-11-7-5-8-12-26/h5-18,30-31,33-40,48H,19-23H2,1-4H3,(H,42,45)/t30-,31-,33+,34-,35-,36-,37+,38-,39-,40+/m1/s1. The molecule has 3 aromatic rings. The van der Waals surface area contributed by atoms with Crippen LogP contribution in [0.4, 0.5) is 0 Å². The number of hydrogen-bond acceptors (Lipinski definition) is 15. The average Bonchev–Trinajstić information content (AvgIpc) is 3.22. The quantitative estimate of drug-likeness (QED) is 0.0767. The van der Waals surface area contributed by atoms with E-state index in [0.717, 1.165) is 25.2 Å². The highest BCUT2D eigenvalue weighted by atomic mass is 16.7. The number of rotatable bonds is 19. The number of amides is 1. The first-order valence-corrected chi connectivity index (χ1v) is 18.5. The zero-order chi connectivity index (χ0) is 41.4. The summed E-state index contributed by atoms with van der Waals surface area (Å²) < 4.78 is 59.2. The number of carbonyl (C=O) groups is 3. The topological polar surface area (TPSA) is 225 Å². The van der Waals surface area contributed by atoms with E-state index in [1.54, 1.807) is 24.3 Å². The van der Waals surface area contributed by atoms with Gasteiger partial charge >= 0.3 is 11.9 Å². The monoisotopic (exact) mass is 808 g/mol. The van der Waals surface area contributed by atoms with E-state index in [-0.39, 0.29) is 26.4 Å². The average molecular weight is 809 g/mol. The molecule has 5 rings (SSSR count). The highest BCUT2D eigenvalue weighted by molar-refractivity contribution is 5.73. The molecule has 3 aromatic carbocycles. The second-order valence-corrected chi connectivity index (χ2v) is 13.3. The molecule has 0 aliphatic carbocycles. The minimum atomic E-state index is -1.57. The number of esters is 2. The lowest BCUT2D eigenvalue weighted by molar-refractivity contribution is -0.336. The fraction of sp³-hybridized carbons (Fsp3) is 0.475. The molecule has 0 saturated carbocycles. The summed E-state index contributed by atoms with van der Waals surface area (Å²) in [5.74, 6) is -1.15. The summed E-state index contributed by atoms with van der Waals surface area (Å²) in [6.45, 7) is 1.76. The number of nitrogens with zero attached hydrogens (tertiary/aromatic N) is 3. The molecule has 2 saturated heterocycles. The molecule has 2 heterocycles. The van der Waals surface area contributed by atoms with Crippen molar-refractivity contribution in [2.45, 2.75) is 88.3 Å². The second-order valence-electron chi connectivity index (χ2n) is 13.3. The van der Waals surface area contributed by atoms with Crippen molar-refractivity contribution in [2.24, 2.45) is 5.11 Å². The molecule has 1 amide bonds. The van der Waals surface area contributed by atoms with Crippen molar-refractivity contribution in [3.63, 3.8) is 0 Å². The molecular formula is C40H48N4O14. The molecule has 2 N–H and O–H groups in total. The first-order chi connectivity index (χ1) is 28.1. The fourth-order valence-electron chi connectivity index (χ4n) is 6.46. The summed E-state index contributed by atoms with van der Waals surface area (Å²) in [7, 11) is 2.69. The Bertz CT molecular complexity index is 1800. The maximum absolute atomic E-state index is 12.6. The lowest BCUT2D eigenvalue weighted by Gasteiger charge is -2.48. The predicted octanol–water partition coefficient (Wildman–Crippen LogP) is 3.38. The van der Waals surface area contributed by atoms with Gasteiger partial charge in [-0.2, -0.15) is 0 Å². The Morgan fingerprint density at radius 1 is 0.793 bits per heavy atom.